The molecule has 0 aromatic carbocycles. The Bertz CT molecular complexity index is 954. The maximum atomic E-state index is 13.2. The van der Waals surface area contributed by atoms with E-state index in [1.165, 1.54) is 4.90 Å². The van der Waals surface area contributed by atoms with E-state index in [0.717, 1.165) is 4.90 Å². The lowest BCUT2D eigenvalue weighted by Crippen LogP contribution is -2.69. The summed E-state index contributed by atoms with van der Waals surface area (Å²) in [7, 11) is 0. The molecule has 12 nitrogen and oxygen atoms in total. The Labute approximate surface area is 236 Å². The van der Waals surface area contributed by atoms with Gasteiger partial charge in [-0.1, -0.05) is 27.7 Å². The summed E-state index contributed by atoms with van der Waals surface area (Å²) in [5.41, 5.74) is -0.586. The third-order valence-electron chi connectivity index (χ3n) is 7.89. The molecule has 3 heterocycles. The molecular formula is C28H46N4O8. The molecule has 0 aromatic heterocycles. The molecule has 226 valence electrons. The van der Waals surface area contributed by atoms with Crippen LogP contribution in [0.2, 0.25) is 0 Å². The number of aliphatic carboxylic acids is 1. The van der Waals surface area contributed by atoms with E-state index in [2.05, 4.69) is 0 Å². The molecule has 3 fully saturated rings. The second-order valence-corrected chi connectivity index (χ2v) is 12.8. The Balaban J connectivity index is 1.51. The normalized spacial score (nSPS) is 22.6. The van der Waals surface area contributed by atoms with Gasteiger partial charge in [0, 0.05) is 39.3 Å². The number of rotatable bonds is 6. The van der Waals surface area contributed by atoms with Crippen LogP contribution in [0.25, 0.3) is 0 Å². The van der Waals surface area contributed by atoms with Gasteiger partial charge in [0.15, 0.2) is 6.04 Å². The molecule has 3 rings (SSSR count). The fourth-order valence-corrected chi connectivity index (χ4v) is 5.78. The molecule has 5 amide bonds. The Morgan fingerprint density at radius 1 is 0.850 bits per heavy atom. The third-order valence-corrected chi connectivity index (χ3v) is 7.89. The van der Waals surface area contributed by atoms with Crippen molar-refractivity contribution in [3.63, 3.8) is 0 Å². The Morgan fingerprint density at radius 3 is 1.82 bits per heavy atom. The van der Waals surface area contributed by atoms with Crippen molar-refractivity contribution >= 4 is 30.1 Å². The van der Waals surface area contributed by atoms with E-state index >= 15 is 0 Å². The number of carbonyl (C=O) groups is 5. The van der Waals surface area contributed by atoms with Crippen molar-refractivity contribution in [1.29, 1.82) is 0 Å². The average Bonchev–Trinajstić information content (AvgIpc) is 2.87. The highest BCUT2D eigenvalue weighted by Gasteiger charge is 2.56. The fraction of sp³-hybridized carbons (Fsp3) is 0.821. The number of β-lactam (4-membered cyclic amide) rings is 1. The number of carbonyl (C=O) groups excluding carboxylic acids is 4. The van der Waals surface area contributed by atoms with E-state index in [0.29, 0.717) is 32.4 Å². The quantitative estimate of drug-likeness (QED) is 0.483. The fourth-order valence-electron chi connectivity index (χ4n) is 5.78. The summed E-state index contributed by atoms with van der Waals surface area (Å²) in [6.07, 6.45) is 0.600. The molecule has 1 N–H and O–H groups in total. The molecule has 40 heavy (non-hydrogen) atoms. The minimum Gasteiger partial charge on any atom is -0.480 e. The van der Waals surface area contributed by atoms with Crippen molar-refractivity contribution in [3.05, 3.63) is 0 Å². The number of piperidine rings is 1. The Hall–Kier alpha value is -3.05. The van der Waals surface area contributed by atoms with E-state index in [1.807, 2.05) is 48.5 Å². The van der Waals surface area contributed by atoms with E-state index < -0.39 is 41.6 Å². The van der Waals surface area contributed by atoms with Gasteiger partial charge < -0.3 is 29.3 Å². The minimum atomic E-state index is -1.22. The van der Waals surface area contributed by atoms with Crippen LogP contribution in [0.15, 0.2) is 0 Å². The number of nitrogens with zero attached hydrogens (tertiary/aromatic N) is 4. The number of hydrogen-bond donors (Lipinski definition) is 1. The van der Waals surface area contributed by atoms with E-state index in [9.17, 15) is 29.1 Å². The highest BCUT2D eigenvalue weighted by atomic mass is 16.6. The largest absolute Gasteiger partial charge is 0.480 e. The predicted molar refractivity (Wildman–Crippen MR) is 145 cm³/mol. The van der Waals surface area contributed by atoms with Crippen LogP contribution in [-0.4, -0.2) is 112 Å². The lowest BCUT2D eigenvalue weighted by atomic mass is 9.77. The van der Waals surface area contributed by atoms with Gasteiger partial charge in [0.1, 0.15) is 11.7 Å². The first kappa shape index (κ1) is 31.5. The molecule has 12 heteroatoms. The first-order valence-corrected chi connectivity index (χ1v) is 14.4. The number of amides is 5. The smallest absolute Gasteiger partial charge is 0.410 e. The standard InChI is InChI=1S/C28H46N4O8/c1-17(2)22(18(3)4)39-26(37)31-14-12-29(13-15-31)25(36)32-21(24(34)35)20(23(32)33)16-19-8-10-30(11-9-19)27(38)40-28(5,6)7/h17-22H,8-16H2,1-7H3,(H,34,35)/t20-,21+/m1/s1. The van der Waals surface area contributed by atoms with Crippen molar-refractivity contribution < 1.29 is 38.6 Å². The molecule has 3 aliphatic heterocycles. The lowest BCUT2D eigenvalue weighted by Gasteiger charge is -2.47. The van der Waals surface area contributed by atoms with Gasteiger partial charge in [-0.2, -0.15) is 0 Å². The monoisotopic (exact) mass is 566 g/mol. The van der Waals surface area contributed by atoms with Crippen LogP contribution < -0.4 is 0 Å². The van der Waals surface area contributed by atoms with Crippen LogP contribution in [0.4, 0.5) is 14.4 Å². The topological polar surface area (TPSA) is 137 Å². The summed E-state index contributed by atoms with van der Waals surface area (Å²) >= 11 is 0. The summed E-state index contributed by atoms with van der Waals surface area (Å²) in [4.78, 5) is 68.8. The molecule has 0 radical (unpaired) electrons. The second-order valence-electron chi connectivity index (χ2n) is 12.8. The highest BCUT2D eigenvalue weighted by Crippen LogP contribution is 2.36. The molecule has 3 saturated heterocycles. The van der Waals surface area contributed by atoms with Crippen molar-refractivity contribution in [3.8, 4) is 0 Å². The van der Waals surface area contributed by atoms with Crippen LogP contribution in [0.3, 0.4) is 0 Å². The molecule has 0 bridgehead atoms. The third kappa shape index (κ3) is 7.37. The van der Waals surface area contributed by atoms with Gasteiger partial charge in [0.2, 0.25) is 5.91 Å². The number of ether oxygens (including phenoxy) is 2. The number of carboxylic acid groups (broad SMARTS) is 1. The van der Waals surface area contributed by atoms with Crippen molar-refractivity contribution in [1.82, 2.24) is 19.6 Å². The molecule has 0 aromatic rings. The maximum absolute atomic E-state index is 13.2. The number of carboxylic acids is 1. The van der Waals surface area contributed by atoms with Crippen LogP contribution in [-0.2, 0) is 19.1 Å². The van der Waals surface area contributed by atoms with Crippen LogP contribution in [0, 0.1) is 23.7 Å². The summed E-state index contributed by atoms with van der Waals surface area (Å²) in [6, 6.07) is -1.85. The zero-order chi connectivity index (χ0) is 29.9. The number of imide groups is 1. The first-order chi connectivity index (χ1) is 18.6. The molecule has 2 atom stereocenters. The zero-order valence-corrected chi connectivity index (χ0v) is 24.9. The number of hydrogen-bond acceptors (Lipinski definition) is 7. The Kier molecular flexibility index (Phi) is 9.94. The Morgan fingerprint density at radius 2 is 1.35 bits per heavy atom. The molecular weight excluding hydrogens is 520 g/mol. The van der Waals surface area contributed by atoms with Crippen LogP contribution in [0.1, 0.15) is 67.7 Å². The summed E-state index contributed by atoms with van der Waals surface area (Å²) in [5.74, 6) is -2.06. The van der Waals surface area contributed by atoms with Crippen molar-refractivity contribution in [2.45, 2.75) is 85.5 Å². The van der Waals surface area contributed by atoms with Gasteiger partial charge in [0.25, 0.3) is 0 Å². The van der Waals surface area contributed by atoms with Gasteiger partial charge in [-0.3, -0.25) is 4.79 Å². The predicted octanol–water partition coefficient (Wildman–Crippen LogP) is 3.49. The maximum Gasteiger partial charge on any atom is 0.410 e. The second kappa shape index (κ2) is 12.6. The van der Waals surface area contributed by atoms with Crippen molar-refractivity contribution in [2.75, 3.05) is 39.3 Å². The van der Waals surface area contributed by atoms with E-state index in [-0.39, 0.29) is 56.1 Å². The number of piperazine rings is 1. The first-order valence-electron chi connectivity index (χ1n) is 14.4. The van der Waals surface area contributed by atoms with Crippen LogP contribution in [0.5, 0.6) is 0 Å². The highest BCUT2D eigenvalue weighted by molar-refractivity contribution is 6.07. The molecule has 0 spiro atoms. The summed E-state index contributed by atoms with van der Waals surface area (Å²) in [6.45, 7) is 15.2. The van der Waals surface area contributed by atoms with Gasteiger partial charge >= 0.3 is 24.2 Å². The average molecular weight is 567 g/mol. The SMILES string of the molecule is CC(C)C(OC(=O)N1CCN(C(=O)N2C(=O)[C@H](CC3CCN(C(=O)OC(C)(C)C)CC3)[C@H]2C(=O)O)CC1)C(C)C. The van der Waals surface area contributed by atoms with Crippen LogP contribution >= 0.6 is 0 Å². The minimum absolute atomic E-state index is 0.0711. The molecule has 0 aliphatic carbocycles. The van der Waals surface area contributed by atoms with Gasteiger partial charge in [-0.05, 0) is 57.8 Å². The summed E-state index contributed by atoms with van der Waals surface area (Å²) < 4.78 is 11.1. The van der Waals surface area contributed by atoms with Gasteiger partial charge in [-0.25, -0.2) is 24.1 Å². The van der Waals surface area contributed by atoms with Crippen molar-refractivity contribution in [2.24, 2.45) is 23.7 Å². The van der Waals surface area contributed by atoms with Gasteiger partial charge in [0.05, 0.1) is 5.92 Å². The molecule has 0 unspecified atom stereocenters. The van der Waals surface area contributed by atoms with Gasteiger partial charge in [-0.15, -0.1) is 0 Å². The van der Waals surface area contributed by atoms with E-state index in [1.54, 1.807) is 9.80 Å². The lowest BCUT2D eigenvalue weighted by molar-refractivity contribution is -0.167. The molecule has 0 saturated carbocycles. The number of likely N-dealkylation sites (tertiary alicyclic amines) is 2. The summed E-state index contributed by atoms with van der Waals surface area (Å²) in [5, 5.41) is 9.88. The van der Waals surface area contributed by atoms with E-state index in [4.69, 9.17) is 9.47 Å². The number of urea groups is 1. The zero-order valence-electron chi connectivity index (χ0n) is 24.9. The molecule has 3 aliphatic rings.